The van der Waals surface area contributed by atoms with Gasteiger partial charge in [-0.15, -0.1) is 0 Å². The van der Waals surface area contributed by atoms with Crippen LogP contribution in [0.25, 0.3) is 0 Å². The molecule has 0 heterocycles. The van der Waals surface area contributed by atoms with Gasteiger partial charge in [0.1, 0.15) is 6.61 Å². The topological polar surface area (TPSA) is 69.2 Å². The van der Waals surface area contributed by atoms with Gasteiger partial charge in [0.05, 0.1) is 13.3 Å². The molecule has 0 fully saturated rings. The molecule has 0 aliphatic heterocycles. The Morgan fingerprint density at radius 1 is 1.00 bits per heavy atom. The van der Waals surface area contributed by atoms with Crippen molar-refractivity contribution in [1.82, 2.24) is 5.32 Å². The monoisotopic (exact) mass is 438 g/mol. The number of carbonyl (C=O) groups is 1. The molecule has 0 bridgehead atoms. The van der Waals surface area contributed by atoms with Gasteiger partial charge in [0.25, 0.3) is 5.91 Å². The number of amides is 1. The van der Waals surface area contributed by atoms with Crippen LogP contribution >= 0.6 is 11.6 Å². The maximum Gasteiger partial charge on any atom is 0.261 e. The lowest BCUT2D eigenvalue weighted by atomic mass is 10.2. The van der Waals surface area contributed by atoms with E-state index in [0.29, 0.717) is 29.7 Å². The van der Waals surface area contributed by atoms with Gasteiger partial charge in [-0.25, -0.2) is 0 Å². The van der Waals surface area contributed by atoms with Crippen LogP contribution in [-0.4, -0.2) is 25.8 Å². The standard InChI is InChI=1S/C24H23ClN2O4/c1-29-23-13-20(9-12-22(23)30-16-19-5-3-2-4-6-19)15-27-31-17-24(28)26-14-18-7-10-21(25)11-8-18/h2-13,15H,14,16-17H2,1H3,(H,26,28)/b27-15+. The van der Waals surface area contributed by atoms with E-state index in [1.54, 1.807) is 25.3 Å². The summed E-state index contributed by atoms with van der Waals surface area (Å²) in [7, 11) is 1.58. The predicted molar refractivity (Wildman–Crippen MR) is 121 cm³/mol. The highest BCUT2D eigenvalue weighted by Crippen LogP contribution is 2.28. The fourth-order valence-electron chi connectivity index (χ4n) is 2.67. The van der Waals surface area contributed by atoms with Gasteiger partial charge in [-0.1, -0.05) is 59.2 Å². The van der Waals surface area contributed by atoms with Crippen molar-refractivity contribution in [1.29, 1.82) is 0 Å². The zero-order valence-corrected chi connectivity index (χ0v) is 17.8. The summed E-state index contributed by atoms with van der Waals surface area (Å²) < 4.78 is 11.2. The van der Waals surface area contributed by atoms with E-state index >= 15 is 0 Å². The lowest BCUT2D eigenvalue weighted by Gasteiger charge is -2.11. The summed E-state index contributed by atoms with van der Waals surface area (Å²) >= 11 is 5.84. The summed E-state index contributed by atoms with van der Waals surface area (Å²) in [5, 5.41) is 7.25. The lowest BCUT2D eigenvalue weighted by molar-refractivity contribution is -0.125. The van der Waals surface area contributed by atoms with Crippen LogP contribution in [0.15, 0.2) is 78.0 Å². The maximum atomic E-state index is 11.9. The highest BCUT2D eigenvalue weighted by molar-refractivity contribution is 6.30. The van der Waals surface area contributed by atoms with Gasteiger partial charge in [-0.2, -0.15) is 0 Å². The highest BCUT2D eigenvalue weighted by Gasteiger charge is 2.06. The summed E-state index contributed by atoms with van der Waals surface area (Å²) in [5.41, 5.74) is 2.77. The second-order valence-electron chi connectivity index (χ2n) is 6.60. The molecule has 31 heavy (non-hydrogen) atoms. The number of ether oxygens (including phenoxy) is 2. The average molecular weight is 439 g/mol. The summed E-state index contributed by atoms with van der Waals surface area (Å²) in [6.45, 7) is 0.656. The lowest BCUT2D eigenvalue weighted by Crippen LogP contribution is -2.26. The van der Waals surface area contributed by atoms with Gasteiger partial charge in [0.15, 0.2) is 18.1 Å². The van der Waals surface area contributed by atoms with Crippen LogP contribution in [0.1, 0.15) is 16.7 Å². The normalized spacial score (nSPS) is 10.6. The molecule has 3 rings (SSSR count). The Bertz CT molecular complexity index is 1010. The number of nitrogens with zero attached hydrogens (tertiary/aromatic N) is 1. The summed E-state index contributed by atoms with van der Waals surface area (Å²) in [5.74, 6) is 0.945. The van der Waals surface area contributed by atoms with Crippen LogP contribution in [-0.2, 0) is 22.8 Å². The van der Waals surface area contributed by atoms with Crippen LogP contribution in [0.4, 0.5) is 0 Å². The Balaban J connectivity index is 1.45. The molecule has 6 nitrogen and oxygen atoms in total. The third kappa shape index (κ3) is 7.35. The molecule has 0 saturated heterocycles. The molecule has 3 aromatic rings. The van der Waals surface area contributed by atoms with Crippen LogP contribution in [0.5, 0.6) is 11.5 Å². The number of hydrogen-bond donors (Lipinski definition) is 1. The quantitative estimate of drug-likeness (QED) is 0.371. The minimum atomic E-state index is -0.269. The maximum absolute atomic E-state index is 11.9. The molecule has 1 amide bonds. The molecule has 0 spiro atoms. The fraction of sp³-hybridized carbons (Fsp3) is 0.167. The summed E-state index contributed by atoms with van der Waals surface area (Å²) in [4.78, 5) is 16.9. The van der Waals surface area contributed by atoms with E-state index in [2.05, 4.69) is 10.5 Å². The van der Waals surface area contributed by atoms with Gasteiger partial charge in [-0.3, -0.25) is 4.79 Å². The molecule has 160 valence electrons. The molecule has 3 aromatic carbocycles. The molecular formula is C24H23ClN2O4. The minimum absolute atomic E-state index is 0.181. The zero-order valence-electron chi connectivity index (χ0n) is 17.1. The van der Waals surface area contributed by atoms with Crippen LogP contribution in [0.3, 0.4) is 0 Å². The van der Waals surface area contributed by atoms with E-state index in [9.17, 15) is 4.79 Å². The minimum Gasteiger partial charge on any atom is -0.493 e. The van der Waals surface area contributed by atoms with Crippen molar-refractivity contribution in [2.45, 2.75) is 13.2 Å². The SMILES string of the molecule is COc1cc(/C=N/OCC(=O)NCc2ccc(Cl)cc2)ccc1OCc1ccccc1. The Morgan fingerprint density at radius 2 is 1.77 bits per heavy atom. The molecule has 1 N–H and O–H groups in total. The summed E-state index contributed by atoms with van der Waals surface area (Å²) in [6.07, 6.45) is 1.51. The van der Waals surface area contributed by atoms with Crippen molar-refractivity contribution in [3.63, 3.8) is 0 Å². The molecule has 0 unspecified atom stereocenters. The first-order valence-electron chi connectivity index (χ1n) is 9.65. The second-order valence-corrected chi connectivity index (χ2v) is 7.03. The van der Waals surface area contributed by atoms with E-state index in [0.717, 1.165) is 16.7 Å². The summed E-state index contributed by atoms with van der Waals surface area (Å²) in [6, 6.07) is 22.6. The number of halogens is 1. The Morgan fingerprint density at radius 3 is 2.52 bits per heavy atom. The first-order chi connectivity index (χ1) is 15.1. The first kappa shape index (κ1) is 22.2. The van der Waals surface area contributed by atoms with E-state index < -0.39 is 0 Å². The van der Waals surface area contributed by atoms with Crippen molar-refractivity contribution in [2.75, 3.05) is 13.7 Å². The van der Waals surface area contributed by atoms with E-state index in [1.807, 2.05) is 54.6 Å². The van der Waals surface area contributed by atoms with Crippen molar-refractivity contribution < 1.29 is 19.1 Å². The Kier molecular flexibility index (Phi) is 8.31. The number of methoxy groups -OCH3 is 1. The average Bonchev–Trinajstić information content (AvgIpc) is 2.81. The fourth-order valence-corrected chi connectivity index (χ4v) is 2.79. The number of oxime groups is 1. The van der Waals surface area contributed by atoms with Crippen molar-refractivity contribution in [3.05, 3.63) is 94.5 Å². The van der Waals surface area contributed by atoms with E-state index in [4.69, 9.17) is 25.9 Å². The molecule has 0 aromatic heterocycles. The van der Waals surface area contributed by atoms with Gasteiger partial charge >= 0.3 is 0 Å². The Hall–Kier alpha value is -3.51. The van der Waals surface area contributed by atoms with Gasteiger partial charge < -0.3 is 19.6 Å². The number of nitrogens with one attached hydrogen (secondary N) is 1. The van der Waals surface area contributed by atoms with E-state index in [1.165, 1.54) is 6.21 Å². The number of rotatable bonds is 10. The number of carbonyl (C=O) groups excluding carboxylic acids is 1. The molecular weight excluding hydrogens is 416 g/mol. The molecule has 7 heteroatoms. The highest BCUT2D eigenvalue weighted by atomic mass is 35.5. The molecule has 0 aliphatic carbocycles. The van der Waals surface area contributed by atoms with Crippen LogP contribution in [0, 0.1) is 0 Å². The molecule has 0 atom stereocenters. The van der Waals surface area contributed by atoms with Crippen molar-refractivity contribution in [3.8, 4) is 11.5 Å². The molecule has 0 aliphatic rings. The number of hydrogen-bond acceptors (Lipinski definition) is 5. The first-order valence-corrected chi connectivity index (χ1v) is 10.0. The molecule has 0 saturated carbocycles. The second kappa shape index (κ2) is 11.6. The number of benzene rings is 3. The van der Waals surface area contributed by atoms with Gasteiger partial charge in [0.2, 0.25) is 0 Å². The predicted octanol–water partition coefficient (Wildman–Crippen LogP) is 4.59. The van der Waals surface area contributed by atoms with Gasteiger partial charge in [0, 0.05) is 17.1 Å². The van der Waals surface area contributed by atoms with E-state index in [-0.39, 0.29) is 12.5 Å². The zero-order chi connectivity index (χ0) is 21.9. The van der Waals surface area contributed by atoms with Crippen molar-refractivity contribution in [2.24, 2.45) is 5.16 Å². The van der Waals surface area contributed by atoms with Crippen LogP contribution in [0.2, 0.25) is 5.02 Å². The third-order valence-electron chi connectivity index (χ3n) is 4.30. The van der Waals surface area contributed by atoms with Crippen molar-refractivity contribution >= 4 is 23.7 Å². The third-order valence-corrected chi connectivity index (χ3v) is 4.55. The van der Waals surface area contributed by atoms with Gasteiger partial charge in [-0.05, 0) is 41.5 Å². The smallest absolute Gasteiger partial charge is 0.261 e. The Labute approximate surface area is 186 Å². The molecule has 0 radical (unpaired) electrons. The van der Waals surface area contributed by atoms with Crippen LogP contribution < -0.4 is 14.8 Å². The largest absolute Gasteiger partial charge is 0.493 e.